The fourth-order valence-electron chi connectivity index (χ4n) is 3.74. The molecule has 0 saturated carbocycles. The van der Waals surface area contributed by atoms with Gasteiger partial charge in [-0.3, -0.25) is 9.59 Å². The molecule has 142 valence electrons. The molecule has 2 atom stereocenters. The number of hydrogen-bond donors (Lipinski definition) is 1. The molecule has 7 heteroatoms. The van der Waals surface area contributed by atoms with Gasteiger partial charge < -0.3 is 15.1 Å². The number of piperidine rings is 2. The van der Waals surface area contributed by atoms with E-state index in [0.29, 0.717) is 19.0 Å². The Balaban J connectivity index is 1.58. The first kappa shape index (κ1) is 18.6. The van der Waals surface area contributed by atoms with E-state index in [1.165, 1.54) is 0 Å². The van der Waals surface area contributed by atoms with E-state index < -0.39 is 0 Å². The van der Waals surface area contributed by atoms with Crippen molar-refractivity contribution in [1.29, 1.82) is 0 Å². The highest BCUT2D eigenvalue weighted by Crippen LogP contribution is 2.23. The monoisotopic (exact) mass is 359 g/mol. The lowest BCUT2D eigenvalue weighted by Gasteiger charge is -2.38. The van der Waals surface area contributed by atoms with Crippen molar-refractivity contribution in [2.75, 3.05) is 31.1 Å². The number of rotatable bonds is 4. The Morgan fingerprint density at radius 3 is 2.58 bits per heavy atom. The second-order valence-electron chi connectivity index (χ2n) is 7.62. The summed E-state index contributed by atoms with van der Waals surface area (Å²) in [5.74, 6) is 0.917. The molecule has 2 aliphatic rings. The Hall–Kier alpha value is -2.18. The van der Waals surface area contributed by atoms with Crippen LogP contribution in [0.3, 0.4) is 0 Å². The molecule has 0 bridgehead atoms. The molecule has 7 nitrogen and oxygen atoms in total. The van der Waals surface area contributed by atoms with Gasteiger partial charge in [-0.25, -0.2) is 9.97 Å². The molecule has 3 heterocycles. The molecule has 0 spiro atoms. The van der Waals surface area contributed by atoms with E-state index >= 15 is 0 Å². The molecule has 2 unspecified atom stereocenters. The zero-order chi connectivity index (χ0) is 18.5. The van der Waals surface area contributed by atoms with Gasteiger partial charge in [-0.1, -0.05) is 13.8 Å². The van der Waals surface area contributed by atoms with E-state index in [0.717, 1.165) is 38.8 Å². The Morgan fingerprint density at radius 1 is 1.12 bits per heavy atom. The second-order valence-corrected chi connectivity index (χ2v) is 7.62. The number of nitrogens with zero attached hydrogens (tertiary/aromatic N) is 4. The van der Waals surface area contributed by atoms with Crippen molar-refractivity contribution in [2.24, 2.45) is 11.8 Å². The van der Waals surface area contributed by atoms with Gasteiger partial charge in [0.15, 0.2) is 0 Å². The average Bonchev–Trinajstić information content (AvgIpc) is 2.68. The van der Waals surface area contributed by atoms with Crippen molar-refractivity contribution in [2.45, 2.75) is 45.6 Å². The third-order valence-electron chi connectivity index (χ3n) is 5.21. The second kappa shape index (κ2) is 8.47. The summed E-state index contributed by atoms with van der Waals surface area (Å²) in [6.07, 6.45) is 7.22. The highest BCUT2D eigenvalue weighted by Gasteiger charge is 2.33. The molecule has 3 rings (SSSR count). The molecule has 0 aliphatic carbocycles. The number of aromatic nitrogens is 2. The molecule has 0 aromatic carbocycles. The Kier molecular flexibility index (Phi) is 6.06. The minimum atomic E-state index is -0.0288. The van der Waals surface area contributed by atoms with Gasteiger partial charge in [0.2, 0.25) is 17.8 Å². The van der Waals surface area contributed by atoms with Crippen molar-refractivity contribution < 1.29 is 9.59 Å². The summed E-state index contributed by atoms with van der Waals surface area (Å²) in [6.45, 7) is 6.75. The molecule has 1 aromatic rings. The van der Waals surface area contributed by atoms with Gasteiger partial charge in [0, 0.05) is 50.5 Å². The van der Waals surface area contributed by atoms with E-state index in [1.54, 1.807) is 18.5 Å². The molecule has 1 aromatic heterocycles. The highest BCUT2D eigenvalue weighted by molar-refractivity contribution is 5.80. The van der Waals surface area contributed by atoms with Crippen LogP contribution in [0.1, 0.15) is 39.5 Å². The molecule has 1 N–H and O–H groups in total. The van der Waals surface area contributed by atoms with E-state index in [9.17, 15) is 9.59 Å². The molecule has 26 heavy (non-hydrogen) atoms. The van der Waals surface area contributed by atoms with Gasteiger partial charge in [-0.05, 0) is 31.7 Å². The summed E-state index contributed by atoms with van der Waals surface area (Å²) in [5.41, 5.74) is 0. The Bertz CT molecular complexity index is 622. The van der Waals surface area contributed by atoms with Gasteiger partial charge in [0.25, 0.3) is 0 Å². The summed E-state index contributed by atoms with van der Waals surface area (Å²) in [5, 5.41) is 3.08. The molecular weight excluding hydrogens is 330 g/mol. The van der Waals surface area contributed by atoms with Crippen LogP contribution in [0.4, 0.5) is 5.95 Å². The molecule has 2 amide bonds. The van der Waals surface area contributed by atoms with E-state index in [2.05, 4.69) is 20.2 Å². The smallest absolute Gasteiger partial charge is 0.227 e. The van der Waals surface area contributed by atoms with Crippen LogP contribution in [0.2, 0.25) is 0 Å². The molecular formula is C19H29N5O2. The van der Waals surface area contributed by atoms with Crippen LogP contribution in [0, 0.1) is 11.8 Å². The normalized spacial score (nSPS) is 23.8. The van der Waals surface area contributed by atoms with Crippen LogP contribution in [-0.4, -0.2) is 58.9 Å². The highest BCUT2D eigenvalue weighted by atomic mass is 16.2. The number of amides is 2. The fourth-order valence-corrected chi connectivity index (χ4v) is 3.74. The summed E-state index contributed by atoms with van der Waals surface area (Å²) < 4.78 is 0. The molecule has 2 aliphatic heterocycles. The van der Waals surface area contributed by atoms with Crippen molar-refractivity contribution in [3.05, 3.63) is 18.5 Å². The number of carbonyl (C=O) groups is 2. The lowest BCUT2D eigenvalue weighted by molar-refractivity contribution is -0.138. The molecule has 0 radical (unpaired) electrons. The first-order valence-electron chi connectivity index (χ1n) is 9.65. The van der Waals surface area contributed by atoms with E-state index in [-0.39, 0.29) is 29.7 Å². The number of hydrogen-bond acceptors (Lipinski definition) is 5. The van der Waals surface area contributed by atoms with Crippen LogP contribution in [0.5, 0.6) is 0 Å². The van der Waals surface area contributed by atoms with Crippen LogP contribution in [-0.2, 0) is 9.59 Å². The zero-order valence-electron chi connectivity index (χ0n) is 15.7. The Morgan fingerprint density at radius 2 is 1.85 bits per heavy atom. The van der Waals surface area contributed by atoms with Crippen molar-refractivity contribution in [1.82, 2.24) is 20.2 Å². The van der Waals surface area contributed by atoms with Gasteiger partial charge in [0.05, 0.1) is 5.92 Å². The van der Waals surface area contributed by atoms with Crippen LogP contribution in [0.25, 0.3) is 0 Å². The van der Waals surface area contributed by atoms with Crippen LogP contribution < -0.4 is 10.2 Å². The van der Waals surface area contributed by atoms with E-state index in [4.69, 9.17) is 0 Å². The minimum Gasteiger partial charge on any atom is -0.351 e. The van der Waals surface area contributed by atoms with Gasteiger partial charge >= 0.3 is 0 Å². The van der Waals surface area contributed by atoms with Crippen molar-refractivity contribution in [3.8, 4) is 0 Å². The standard InChI is InChI=1S/C19H29N5O2/c1-14(2)17(25)22-16-7-4-10-23(13-16)18(26)15-6-3-11-24(12-15)19-20-8-5-9-21-19/h5,8-9,14-16H,3-4,6-7,10-13H2,1-2H3,(H,22,25). The SMILES string of the molecule is CC(C)C(=O)NC1CCCN(C(=O)C2CCCN(c3ncccn3)C2)C1. The van der Waals surface area contributed by atoms with Gasteiger partial charge in [-0.2, -0.15) is 0 Å². The minimum absolute atomic E-state index is 0.0212. The lowest BCUT2D eigenvalue weighted by atomic mass is 9.95. The van der Waals surface area contributed by atoms with Gasteiger partial charge in [-0.15, -0.1) is 0 Å². The number of likely N-dealkylation sites (tertiary alicyclic amines) is 1. The van der Waals surface area contributed by atoms with Crippen LogP contribution >= 0.6 is 0 Å². The zero-order valence-corrected chi connectivity index (χ0v) is 15.7. The van der Waals surface area contributed by atoms with Crippen molar-refractivity contribution in [3.63, 3.8) is 0 Å². The predicted molar refractivity (Wildman–Crippen MR) is 99.6 cm³/mol. The van der Waals surface area contributed by atoms with Gasteiger partial charge in [0.1, 0.15) is 0 Å². The third kappa shape index (κ3) is 4.51. The average molecular weight is 359 g/mol. The Labute approximate surface area is 155 Å². The molecule has 2 fully saturated rings. The predicted octanol–water partition coefficient (Wildman–Crippen LogP) is 1.46. The quantitative estimate of drug-likeness (QED) is 0.880. The maximum Gasteiger partial charge on any atom is 0.227 e. The lowest BCUT2D eigenvalue weighted by Crippen LogP contribution is -2.53. The number of nitrogens with one attached hydrogen (secondary N) is 1. The summed E-state index contributed by atoms with van der Waals surface area (Å²) in [4.78, 5) is 37.7. The topological polar surface area (TPSA) is 78.4 Å². The summed E-state index contributed by atoms with van der Waals surface area (Å²) in [7, 11) is 0. The maximum absolute atomic E-state index is 13.0. The maximum atomic E-state index is 13.0. The van der Waals surface area contributed by atoms with E-state index in [1.807, 2.05) is 18.7 Å². The first-order valence-corrected chi connectivity index (χ1v) is 9.65. The summed E-state index contributed by atoms with van der Waals surface area (Å²) >= 11 is 0. The summed E-state index contributed by atoms with van der Waals surface area (Å²) in [6, 6.07) is 1.87. The third-order valence-corrected chi connectivity index (χ3v) is 5.21. The first-order chi connectivity index (χ1) is 12.5. The number of anilines is 1. The fraction of sp³-hybridized carbons (Fsp3) is 0.684. The van der Waals surface area contributed by atoms with Crippen molar-refractivity contribution >= 4 is 17.8 Å². The largest absolute Gasteiger partial charge is 0.351 e. The number of carbonyl (C=O) groups excluding carboxylic acids is 2. The molecule has 2 saturated heterocycles. The van der Waals surface area contributed by atoms with Crippen LogP contribution in [0.15, 0.2) is 18.5 Å².